The molecular weight excluding hydrogens is 308 g/mol. The van der Waals surface area contributed by atoms with E-state index in [1.807, 2.05) is 24.3 Å². The van der Waals surface area contributed by atoms with Gasteiger partial charge in [0, 0.05) is 31.6 Å². The van der Waals surface area contributed by atoms with E-state index in [1.165, 1.54) is 0 Å². The second kappa shape index (κ2) is 5.43. The van der Waals surface area contributed by atoms with Gasteiger partial charge in [0.05, 0.1) is 5.41 Å². The molecule has 7 nitrogen and oxygen atoms in total. The molecule has 1 aromatic carbocycles. The molecule has 1 aromatic rings. The summed E-state index contributed by atoms with van der Waals surface area (Å²) in [5, 5.41) is 6.83. The molecule has 3 amide bonds. The Labute approximate surface area is 139 Å². The third-order valence-electron chi connectivity index (χ3n) is 5.18. The Morgan fingerprint density at radius 2 is 1.88 bits per heavy atom. The van der Waals surface area contributed by atoms with Crippen molar-refractivity contribution in [1.82, 2.24) is 10.3 Å². The smallest absolute Gasteiger partial charge is 0.270 e. The number of amides is 3. The predicted octanol–water partition coefficient (Wildman–Crippen LogP) is 0.765. The van der Waals surface area contributed by atoms with Crippen LogP contribution in [0.5, 0.6) is 0 Å². The summed E-state index contributed by atoms with van der Waals surface area (Å²) in [4.78, 5) is 37.9. The fraction of sp³-hybridized carbons (Fsp3) is 0.412. The zero-order valence-electron chi connectivity index (χ0n) is 13.2. The average Bonchev–Trinajstić information content (AvgIpc) is 2.88. The van der Waals surface area contributed by atoms with Gasteiger partial charge in [0.15, 0.2) is 0 Å². The maximum absolute atomic E-state index is 12.5. The molecule has 4 rings (SSSR count). The van der Waals surface area contributed by atoms with Crippen LogP contribution < -0.4 is 10.7 Å². The normalized spacial score (nSPS) is 21.8. The maximum Gasteiger partial charge on any atom is 0.270 e. The van der Waals surface area contributed by atoms with Gasteiger partial charge in [-0.2, -0.15) is 5.10 Å². The standard InChI is InChI=1S/C17H18N4O3/c22-14-6-5-13(19-20-14)15(23)21-9-7-17(8-10-21)11-3-1-2-4-12(11)18-16(17)24/h1-4H,5-10H2,(H,18,24)(H,20,22). The quantitative estimate of drug-likeness (QED) is 0.798. The van der Waals surface area contributed by atoms with Crippen molar-refractivity contribution in [3.63, 3.8) is 0 Å². The van der Waals surface area contributed by atoms with Crippen LogP contribution in [0.25, 0.3) is 0 Å². The first-order chi connectivity index (χ1) is 11.6. The van der Waals surface area contributed by atoms with E-state index in [0.717, 1.165) is 11.3 Å². The van der Waals surface area contributed by atoms with Crippen molar-refractivity contribution in [3.8, 4) is 0 Å². The zero-order chi connectivity index (χ0) is 16.7. The monoisotopic (exact) mass is 326 g/mol. The molecule has 0 aromatic heterocycles. The van der Waals surface area contributed by atoms with Gasteiger partial charge in [-0.3, -0.25) is 14.4 Å². The molecule has 0 bridgehead atoms. The number of hydrogen-bond acceptors (Lipinski definition) is 4. The van der Waals surface area contributed by atoms with Gasteiger partial charge in [-0.15, -0.1) is 0 Å². The minimum atomic E-state index is -0.532. The number of nitrogens with one attached hydrogen (secondary N) is 2. The lowest BCUT2D eigenvalue weighted by atomic mass is 9.73. The van der Waals surface area contributed by atoms with Crippen LogP contribution in [0.3, 0.4) is 0 Å². The van der Waals surface area contributed by atoms with Gasteiger partial charge in [0.25, 0.3) is 5.91 Å². The number of likely N-dealkylation sites (tertiary alicyclic amines) is 1. The van der Waals surface area contributed by atoms with Crippen LogP contribution in [0.1, 0.15) is 31.2 Å². The Kier molecular flexibility index (Phi) is 3.37. The molecule has 1 spiro atoms. The largest absolute Gasteiger partial charge is 0.337 e. The number of carbonyl (C=O) groups is 3. The van der Waals surface area contributed by atoms with E-state index >= 15 is 0 Å². The fourth-order valence-corrected chi connectivity index (χ4v) is 3.77. The SMILES string of the molecule is O=C1CCC(C(=O)N2CCC3(CC2)C(=O)Nc2ccccc23)=NN1. The van der Waals surface area contributed by atoms with Crippen LogP contribution in [0.15, 0.2) is 29.4 Å². The van der Waals surface area contributed by atoms with Crippen LogP contribution in [-0.2, 0) is 19.8 Å². The second-order valence-corrected chi connectivity index (χ2v) is 6.47. The topological polar surface area (TPSA) is 90.9 Å². The zero-order valence-corrected chi connectivity index (χ0v) is 13.2. The minimum Gasteiger partial charge on any atom is -0.337 e. The van der Waals surface area contributed by atoms with Crippen molar-refractivity contribution < 1.29 is 14.4 Å². The third kappa shape index (κ3) is 2.19. The lowest BCUT2D eigenvalue weighted by molar-refractivity contribution is -0.130. The number of hydrogen-bond donors (Lipinski definition) is 2. The molecule has 3 aliphatic rings. The predicted molar refractivity (Wildman–Crippen MR) is 87.4 cm³/mol. The van der Waals surface area contributed by atoms with Gasteiger partial charge >= 0.3 is 0 Å². The lowest BCUT2D eigenvalue weighted by Gasteiger charge is -2.38. The molecule has 0 aliphatic carbocycles. The number of anilines is 1. The Balaban J connectivity index is 1.50. The van der Waals surface area contributed by atoms with Gasteiger partial charge in [0.2, 0.25) is 11.8 Å². The molecule has 0 atom stereocenters. The summed E-state index contributed by atoms with van der Waals surface area (Å²) in [7, 11) is 0. The summed E-state index contributed by atoms with van der Waals surface area (Å²) < 4.78 is 0. The number of para-hydroxylation sites is 1. The number of benzene rings is 1. The highest BCUT2D eigenvalue weighted by atomic mass is 16.2. The molecule has 3 aliphatic heterocycles. The van der Waals surface area contributed by atoms with E-state index in [9.17, 15) is 14.4 Å². The van der Waals surface area contributed by atoms with Crippen LogP contribution in [0.4, 0.5) is 5.69 Å². The van der Waals surface area contributed by atoms with Crippen molar-refractivity contribution in [2.75, 3.05) is 18.4 Å². The summed E-state index contributed by atoms with van der Waals surface area (Å²) in [5.41, 5.74) is 4.13. The summed E-state index contributed by atoms with van der Waals surface area (Å²) >= 11 is 0. The maximum atomic E-state index is 12.5. The second-order valence-electron chi connectivity index (χ2n) is 6.47. The number of carbonyl (C=O) groups excluding carboxylic acids is 3. The molecule has 124 valence electrons. The van der Waals surface area contributed by atoms with Crippen LogP contribution in [0, 0.1) is 0 Å². The summed E-state index contributed by atoms with van der Waals surface area (Å²) in [6.07, 6.45) is 1.86. The number of nitrogens with zero attached hydrogens (tertiary/aromatic N) is 2. The highest BCUT2D eigenvalue weighted by Crippen LogP contribution is 2.44. The summed E-state index contributed by atoms with van der Waals surface area (Å²) in [6, 6.07) is 7.76. The fourth-order valence-electron chi connectivity index (χ4n) is 3.77. The lowest BCUT2D eigenvalue weighted by Crippen LogP contribution is -2.50. The first-order valence-electron chi connectivity index (χ1n) is 8.16. The van der Waals surface area contributed by atoms with E-state index in [-0.39, 0.29) is 24.1 Å². The van der Waals surface area contributed by atoms with E-state index in [0.29, 0.717) is 38.1 Å². The number of fused-ring (bicyclic) bond motifs is 2. The van der Waals surface area contributed by atoms with Crippen molar-refractivity contribution in [2.45, 2.75) is 31.1 Å². The van der Waals surface area contributed by atoms with E-state index in [2.05, 4.69) is 15.8 Å². The first-order valence-corrected chi connectivity index (χ1v) is 8.16. The number of rotatable bonds is 1. The third-order valence-corrected chi connectivity index (χ3v) is 5.18. The van der Waals surface area contributed by atoms with Crippen LogP contribution in [-0.4, -0.2) is 41.4 Å². The van der Waals surface area contributed by atoms with Gasteiger partial charge in [-0.05, 0) is 24.5 Å². The molecule has 0 unspecified atom stereocenters. The van der Waals surface area contributed by atoms with Crippen molar-refractivity contribution in [1.29, 1.82) is 0 Å². The van der Waals surface area contributed by atoms with E-state index in [4.69, 9.17) is 0 Å². The Morgan fingerprint density at radius 1 is 1.12 bits per heavy atom. The Bertz CT molecular complexity index is 763. The molecular formula is C17H18N4O3. The molecule has 7 heteroatoms. The van der Waals surface area contributed by atoms with E-state index < -0.39 is 5.41 Å². The van der Waals surface area contributed by atoms with Crippen molar-refractivity contribution >= 4 is 29.1 Å². The molecule has 0 saturated carbocycles. The number of piperidine rings is 1. The Morgan fingerprint density at radius 3 is 2.58 bits per heavy atom. The average molecular weight is 326 g/mol. The highest BCUT2D eigenvalue weighted by molar-refractivity contribution is 6.39. The van der Waals surface area contributed by atoms with Gasteiger partial charge in [-0.1, -0.05) is 18.2 Å². The summed E-state index contributed by atoms with van der Waals surface area (Å²) in [6.45, 7) is 1.01. The molecule has 3 heterocycles. The van der Waals surface area contributed by atoms with Gasteiger partial charge < -0.3 is 10.2 Å². The van der Waals surface area contributed by atoms with Crippen molar-refractivity contribution in [2.24, 2.45) is 5.10 Å². The molecule has 2 N–H and O–H groups in total. The molecule has 1 saturated heterocycles. The molecule has 0 radical (unpaired) electrons. The van der Waals surface area contributed by atoms with Crippen molar-refractivity contribution in [3.05, 3.63) is 29.8 Å². The van der Waals surface area contributed by atoms with Gasteiger partial charge in [0.1, 0.15) is 5.71 Å². The highest BCUT2D eigenvalue weighted by Gasteiger charge is 2.49. The minimum absolute atomic E-state index is 0.0260. The van der Waals surface area contributed by atoms with Crippen LogP contribution >= 0.6 is 0 Å². The number of hydrazone groups is 1. The molecule has 1 fully saturated rings. The van der Waals surface area contributed by atoms with Crippen LogP contribution in [0.2, 0.25) is 0 Å². The first kappa shape index (κ1) is 14.9. The summed E-state index contributed by atoms with van der Waals surface area (Å²) in [5.74, 6) is -0.280. The Hall–Kier alpha value is -2.70. The van der Waals surface area contributed by atoms with E-state index in [1.54, 1.807) is 4.90 Å². The van der Waals surface area contributed by atoms with Gasteiger partial charge in [-0.25, -0.2) is 5.43 Å². The molecule has 24 heavy (non-hydrogen) atoms.